The van der Waals surface area contributed by atoms with Gasteiger partial charge in [-0.15, -0.1) is 0 Å². The topological polar surface area (TPSA) is 92.0 Å². The zero-order valence-corrected chi connectivity index (χ0v) is 25.4. The van der Waals surface area contributed by atoms with Gasteiger partial charge >= 0.3 is 5.97 Å². The van der Waals surface area contributed by atoms with Gasteiger partial charge in [0.1, 0.15) is 5.82 Å². The fraction of sp³-hybridized carbons (Fsp3) is 0.806. The first kappa shape index (κ1) is 26.0. The smallest absolute Gasteiger partial charge is 0.306 e. The quantitative estimate of drug-likeness (QED) is 0.326. The molecule has 1 aromatic rings. The van der Waals surface area contributed by atoms with Crippen molar-refractivity contribution in [1.82, 2.24) is 10.2 Å². The van der Waals surface area contributed by atoms with Crippen LogP contribution in [-0.4, -0.2) is 21.3 Å². The Morgan fingerprint density at radius 2 is 1.76 bits per heavy atom. The molecule has 6 rings (SSSR count). The number of anilines is 1. The summed E-state index contributed by atoms with van der Waals surface area (Å²) in [7, 11) is 0. The number of rotatable bonds is 1. The molecule has 204 valence electrons. The molecule has 3 fully saturated rings. The average molecular weight is 573 g/mol. The molecule has 1 unspecified atom stereocenters. The van der Waals surface area contributed by atoms with E-state index in [9.17, 15) is 9.90 Å². The molecule has 5 nitrogen and oxygen atoms in total. The summed E-state index contributed by atoms with van der Waals surface area (Å²) in [6.45, 7) is 17.1. The molecule has 4 N–H and O–H groups in total. The second kappa shape index (κ2) is 7.67. The Kier molecular flexibility index (Phi) is 5.38. The van der Waals surface area contributed by atoms with Crippen molar-refractivity contribution in [3.63, 3.8) is 0 Å². The predicted molar refractivity (Wildman–Crippen MR) is 151 cm³/mol. The molecule has 0 spiro atoms. The lowest BCUT2D eigenvalue weighted by atomic mass is 9.34. The lowest BCUT2D eigenvalue weighted by Crippen LogP contribution is -2.64. The maximum atomic E-state index is 12.4. The SMILES string of the molecule is CC1(C)C[C@@H](C(=O)O)[C@H]2CC[C@]3(C)C(=C(Br)CC4[C@@]5(C)Cc6c(N)n[nH]c6C(C)(C)[C@@H]5CC[C@]43C)[C@@H]2C1. The summed E-state index contributed by atoms with van der Waals surface area (Å²) in [5.74, 6) is 1.58. The Morgan fingerprint density at radius 1 is 1.05 bits per heavy atom. The number of hydrogen-bond acceptors (Lipinski definition) is 3. The van der Waals surface area contributed by atoms with Gasteiger partial charge in [0.25, 0.3) is 0 Å². The van der Waals surface area contributed by atoms with Crippen molar-refractivity contribution < 1.29 is 9.90 Å². The van der Waals surface area contributed by atoms with Gasteiger partial charge in [-0.25, -0.2) is 0 Å². The monoisotopic (exact) mass is 571 g/mol. The summed E-state index contributed by atoms with van der Waals surface area (Å²) in [6, 6.07) is 0. The van der Waals surface area contributed by atoms with Crippen molar-refractivity contribution in [2.45, 2.75) is 105 Å². The summed E-state index contributed by atoms with van der Waals surface area (Å²) in [5, 5.41) is 18.0. The lowest BCUT2D eigenvalue weighted by Gasteiger charge is -2.70. The average Bonchev–Trinajstić information content (AvgIpc) is 3.14. The summed E-state index contributed by atoms with van der Waals surface area (Å²) in [6.07, 6.45) is 8.52. The Bertz CT molecular complexity index is 1200. The van der Waals surface area contributed by atoms with Crippen LogP contribution in [0.15, 0.2) is 10.1 Å². The van der Waals surface area contributed by atoms with Gasteiger partial charge in [0.2, 0.25) is 0 Å². The third-order valence-electron chi connectivity index (χ3n) is 13.1. The summed E-state index contributed by atoms with van der Waals surface area (Å²) < 4.78 is 1.39. The number of carboxylic acids is 1. The highest BCUT2D eigenvalue weighted by Crippen LogP contribution is 2.75. The van der Waals surface area contributed by atoms with Gasteiger partial charge in [0.05, 0.1) is 5.92 Å². The molecule has 5 aliphatic rings. The number of hydrogen-bond donors (Lipinski definition) is 3. The lowest BCUT2D eigenvalue weighted by molar-refractivity contribution is -0.162. The number of nitrogens with two attached hydrogens (primary N) is 1. The Balaban J connectivity index is 1.48. The highest BCUT2D eigenvalue weighted by molar-refractivity contribution is 9.11. The molecule has 1 aromatic heterocycles. The van der Waals surface area contributed by atoms with Crippen LogP contribution in [0, 0.1) is 51.2 Å². The van der Waals surface area contributed by atoms with Crippen LogP contribution in [0.4, 0.5) is 5.82 Å². The van der Waals surface area contributed by atoms with Gasteiger partial charge < -0.3 is 10.8 Å². The number of nitrogen functional groups attached to an aromatic ring is 1. The highest BCUT2D eigenvalue weighted by atomic mass is 79.9. The first-order valence-electron chi connectivity index (χ1n) is 14.5. The molecule has 0 bridgehead atoms. The molecule has 0 radical (unpaired) electrons. The van der Waals surface area contributed by atoms with E-state index >= 15 is 0 Å². The summed E-state index contributed by atoms with van der Waals surface area (Å²) in [5.41, 5.74) is 11.0. The van der Waals surface area contributed by atoms with E-state index in [0.29, 0.717) is 23.6 Å². The normalized spacial score (nSPS) is 45.7. The standard InChI is InChI=1S/C31H46BrN3O2/c1-27(2)13-17-16(18(14-27)26(36)37)8-10-31(7)23(17)20(32)12-22-29(5)15-19-24(34-35-25(19)33)28(3,4)21(29)9-11-30(22,31)6/h16-18,21-22H,8-15H2,1-7H3,(H,36,37)(H3,33,34,35)/t16-,17+,18+,21-,22?,29-,30+,31+/m0/s1. The number of nitrogens with one attached hydrogen (secondary N) is 1. The van der Waals surface area contributed by atoms with Crippen molar-refractivity contribution >= 4 is 27.7 Å². The third kappa shape index (κ3) is 3.20. The highest BCUT2D eigenvalue weighted by Gasteiger charge is 2.68. The third-order valence-corrected chi connectivity index (χ3v) is 13.8. The first-order chi connectivity index (χ1) is 17.1. The van der Waals surface area contributed by atoms with Crippen molar-refractivity contribution in [3.8, 4) is 0 Å². The number of halogens is 1. The van der Waals surface area contributed by atoms with Gasteiger partial charge in [-0.05, 0) is 101 Å². The van der Waals surface area contributed by atoms with E-state index in [1.54, 1.807) is 5.57 Å². The molecule has 0 aliphatic heterocycles. The minimum absolute atomic E-state index is 0.00538. The molecule has 3 saturated carbocycles. The van der Waals surface area contributed by atoms with Crippen molar-refractivity contribution in [2.24, 2.45) is 51.2 Å². The minimum atomic E-state index is -0.589. The largest absolute Gasteiger partial charge is 0.481 e. The van der Waals surface area contributed by atoms with Crippen molar-refractivity contribution in [1.29, 1.82) is 0 Å². The second-order valence-electron chi connectivity index (χ2n) is 15.6. The van der Waals surface area contributed by atoms with Crippen LogP contribution < -0.4 is 5.73 Å². The van der Waals surface area contributed by atoms with E-state index in [2.05, 4.69) is 74.6 Å². The van der Waals surface area contributed by atoms with Crippen molar-refractivity contribution in [3.05, 3.63) is 21.3 Å². The Labute approximate surface area is 230 Å². The van der Waals surface area contributed by atoms with Gasteiger partial charge in [-0.1, -0.05) is 70.0 Å². The van der Waals surface area contributed by atoms with Crippen LogP contribution in [0.1, 0.15) is 105 Å². The number of aromatic nitrogens is 2. The van der Waals surface area contributed by atoms with E-state index in [4.69, 9.17) is 5.73 Å². The molecule has 37 heavy (non-hydrogen) atoms. The van der Waals surface area contributed by atoms with Crippen LogP contribution >= 0.6 is 15.9 Å². The number of aromatic amines is 1. The van der Waals surface area contributed by atoms with Crippen LogP contribution in [-0.2, 0) is 16.6 Å². The molecular formula is C31H46BrN3O2. The summed E-state index contributed by atoms with van der Waals surface area (Å²) >= 11 is 4.20. The fourth-order valence-electron chi connectivity index (χ4n) is 11.3. The first-order valence-corrected chi connectivity index (χ1v) is 15.3. The molecule has 0 saturated heterocycles. The van der Waals surface area contributed by atoms with Crippen LogP contribution in [0.3, 0.4) is 0 Å². The van der Waals surface area contributed by atoms with Crippen LogP contribution in [0.5, 0.6) is 0 Å². The number of nitrogens with zero attached hydrogens (tertiary/aromatic N) is 1. The number of H-pyrrole nitrogens is 1. The Hall–Kier alpha value is -1.30. The molecular weight excluding hydrogens is 526 g/mol. The molecule has 5 aliphatic carbocycles. The van der Waals surface area contributed by atoms with Crippen molar-refractivity contribution in [2.75, 3.05) is 5.73 Å². The maximum absolute atomic E-state index is 12.4. The van der Waals surface area contributed by atoms with E-state index in [1.807, 2.05) is 0 Å². The van der Waals surface area contributed by atoms with Gasteiger partial charge in [-0.2, -0.15) is 5.10 Å². The zero-order chi connectivity index (χ0) is 26.9. The minimum Gasteiger partial charge on any atom is -0.481 e. The summed E-state index contributed by atoms with van der Waals surface area (Å²) in [4.78, 5) is 12.4. The molecule has 8 atom stereocenters. The van der Waals surface area contributed by atoms with E-state index in [-0.39, 0.29) is 38.9 Å². The predicted octanol–water partition coefficient (Wildman–Crippen LogP) is 7.47. The van der Waals surface area contributed by atoms with Gasteiger partial charge in [-0.3, -0.25) is 9.89 Å². The van der Waals surface area contributed by atoms with E-state index < -0.39 is 5.97 Å². The number of carboxylic acid groups (broad SMARTS) is 1. The second-order valence-corrected chi connectivity index (χ2v) is 16.6. The maximum Gasteiger partial charge on any atom is 0.306 e. The number of allylic oxidation sites excluding steroid dienone is 2. The van der Waals surface area contributed by atoms with Gasteiger partial charge in [0.15, 0.2) is 0 Å². The molecule has 1 heterocycles. The van der Waals surface area contributed by atoms with Crippen LogP contribution in [0.25, 0.3) is 0 Å². The number of aliphatic carboxylic acids is 1. The number of carbonyl (C=O) groups is 1. The van der Waals surface area contributed by atoms with Crippen LogP contribution in [0.2, 0.25) is 0 Å². The van der Waals surface area contributed by atoms with E-state index in [1.165, 1.54) is 28.6 Å². The number of fused-ring (bicyclic) bond motifs is 8. The fourth-order valence-corrected chi connectivity index (χ4v) is 12.4. The molecule has 0 amide bonds. The van der Waals surface area contributed by atoms with Gasteiger partial charge in [0, 0.05) is 16.7 Å². The Morgan fingerprint density at radius 3 is 2.43 bits per heavy atom. The van der Waals surface area contributed by atoms with E-state index in [0.717, 1.165) is 38.5 Å². The molecule has 0 aromatic carbocycles. The molecule has 6 heteroatoms. The zero-order valence-electron chi connectivity index (χ0n) is 23.8.